The van der Waals surface area contributed by atoms with Crippen LogP contribution in [0.4, 0.5) is 0 Å². The van der Waals surface area contributed by atoms with Crippen LogP contribution in [0.5, 0.6) is 0 Å². The summed E-state index contributed by atoms with van der Waals surface area (Å²) < 4.78 is 31.5. The van der Waals surface area contributed by atoms with E-state index in [2.05, 4.69) is 9.46 Å². The average molecular weight is 299 g/mol. The molecule has 0 heterocycles. The first-order chi connectivity index (χ1) is 9.22. The van der Waals surface area contributed by atoms with Gasteiger partial charge >= 0.3 is 5.97 Å². The lowest BCUT2D eigenvalue weighted by Gasteiger charge is -2.26. The Bertz CT molecular complexity index is 583. The molecule has 20 heavy (non-hydrogen) atoms. The Kier molecular flexibility index (Phi) is 5.30. The van der Waals surface area contributed by atoms with Crippen LogP contribution in [0, 0.1) is 6.92 Å². The zero-order valence-corrected chi connectivity index (χ0v) is 13.1. The summed E-state index contributed by atoms with van der Waals surface area (Å²) in [5.41, 5.74) is 0.432. The number of hydrogen-bond acceptors (Lipinski definition) is 4. The van der Waals surface area contributed by atoms with Crippen LogP contribution in [0.15, 0.2) is 24.3 Å². The van der Waals surface area contributed by atoms with Gasteiger partial charge in [0.25, 0.3) is 0 Å². The fourth-order valence-electron chi connectivity index (χ4n) is 1.88. The van der Waals surface area contributed by atoms with Gasteiger partial charge in [-0.2, -0.15) is 4.72 Å². The van der Waals surface area contributed by atoms with Gasteiger partial charge in [-0.1, -0.05) is 36.8 Å². The standard InChI is InChI=1S/C14H21NO4S/c1-5-14(3,13(16)19-4)15-20(17,18)10-12-8-6-7-11(2)9-12/h6-9,15H,5,10H2,1-4H3. The first-order valence-corrected chi connectivity index (χ1v) is 8.03. The number of benzene rings is 1. The summed E-state index contributed by atoms with van der Waals surface area (Å²) in [7, 11) is -2.39. The number of ether oxygens (including phenoxy) is 1. The quantitative estimate of drug-likeness (QED) is 0.812. The van der Waals surface area contributed by atoms with E-state index in [-0.39, 0.29) is 5.75 Å². The second kappa shape index (κ2) is 6.37. The van der Waals surface area contributed by atoms with Crippen molar-refractivity contribution in [3.05, 3.63) is 35.4 Å². The number of sulfonamides is 1. The molecule has 0 aliphatic rings. The largest absolute Gasteiger partial charge is 0.468 e. The predicted molar refractivity (Wildman–Crippen MR) is 77.7 cm³/mol. The molecule has 5 nitrogen and oxygen atoms in total. The number of esters is 1. The molecule has 1 unspecified atom stereocenters. The van der Waals surface area contributed by atoms with Gasteiger partial charge in [-0.15, -0.1) is 0 Å². The lowest BCUT2D eigenvalue weighted by Crippen LogP contribution is -2.52. The first-order valence-electron chi connectivity index (χ1n) is 6.38. The second-order valence-electron chi connectivity index (χ2n) is 5.03. The molecule has 0 aromatic heterocycles. The number of rotatable bonds is 6. The molecule has 0 amide bonds. The van der Waals surface area contributed by atoms with E-state index in [1.54, 1.807) is 25.1 Å². The normalized spacial score (nSPS) is 14.6. The highest BCUT2D eigenvalue weighted by atomic mass is 32.2. The summed E-state index contributed by atoms with van der Waals surface area (Å²) in [5.74, 6) is -0.755. The minimum atomic E-state index is -3.63. The lowest BCUT2D eigenvalue weighted by molar-refractivity contribution is -0.147. The number of carbonyl (C=O) groups excluding carboxylic acids is 1. The average Bonchev–Trinajstić information content (AvgIpc) is 2.36. The molecule has 1 aromatic rings. The monoisotopic (exact) mass is 299 g/mol. The van der Waals surface area contributed by atoms with Gasteiger partial charge in [-0.3, -0.25) is 4.79 Å². The molecule has 0 aliphatic carbocycles. The maximum Gasteiger partial charge on any atom is 0.326 e. The number of methoxy groups -OCH3 is 1. The SMILES string of the molecule is CCC(C)(NS(=O)(=O)Cc1cccc(C)c1)C(=O)OC. The zero-order valence-electron chi connectivity index (χ0n) is 12.3. The van der Waals surface area contributed by atoms with Crippen LogP contribution in [-0.2, 0) is 25.3 Å². The zero-order chi connectivity index (χ0) is 15.4. The molecule has 1 atom stereocenters. The van der Waals surface area contributed by atoms with Gasteiger partial charge < -0.3 is 4.74 Å². The number of nitrogens with one attached hydrogen (secondary N) is 1. The molecule has 112 valence electrons. The molecule has 6 heteroatoms. The van der Waals surface area contributed by atoms with Crippen LogP contribution in [0.1, 0.15) is 31.4 Å². The van der Waals surface area contributed by atoms with E-state index in [0.29, 0.717) is 12.0 Å². The summed E-state index contributed by atoms with van der Waals surface area (Å²) in [5, 5.41) is 0. The van der Waals surface area contributed by atoms with Crippen molar-refractivity contribution >= 4 is 16.0 Å². The van der Waals surface area contributed by atoms with Crippen LogP contribution in [0.3, 0.4) is 0 Å². The van der Waals surface area contributed by atoms with E-state index in [9.17, 15) is 13.2 Å². The van der Waals surface area contributed by atoms with Crippen LogP contribution >= 0.6 is 0 Å². The molecule has 0 aliphatic heterocycles. The van der Waals surface area contributed by atoms with Gasteiger partial charge in [0.2, 0.25) is 10.0 Å². The Morgan fingerprint density at radius 1 is 1.40 bits per heavy atom. The summed E-state index contributed by atoms with van der Waals surface area (Å²) in [4.78, 5) is 11.7. The molecule has 0 saturated heterocycles. The Balaban J connectivity index is 2.92. The van der Waals surface area contributed by atoms with Crippen LogP contribution in [0.2, 0.25) is 0 Å². The number of carbonyl (C=O) groups is 1. The van der Waals surface area contributed by atoms with E-state index in [1.807, 2.05) is 13.0 Å². The smallest absolute Gasteiger partial charge is 0.326 e. The van der Waals surface area contributed by atoms with Crippen molar-refractivity contribution < 1.29 is 17.9 Å². The van der Waals surface area contributed by atoms with E-state index < -0.39 is 21.5 Å². The summed E-state index contributed by atoms with van der Waals surface area (Å²) in [6.45, 7) is 5.15. The highest BCUT2D eigenvalue weighted by Gasteiger charge is 2.36. The minimum absolute atomic E-state index is 0.165. The molecule has 0 saturated carbocycles. The number of hydrogen-bond donors (Lipinski definition) is 1. The Labute approximate surface area is 120 Å². The molecule has 1 rings (SSSR count). The molecular formula is C14H21NO4S. The van der Waals surface area contributed by atoms with Crippen LogP contribution in [-0.4, -0.2) is 27.0 Å². The van der Waals surface area contributed by atoms with Crippen molar-refractivity contribution in [2.45, 2.75) is 38.5 Å². The van der Waals surface area contributed by atoms with Crippen molar-refractivity contribution in [1.82, 2.24) is 4.72 Å². The third-order valence-electron chi connectivity index (χ3n) is 3.16. The summed E-state index contributed by atoms with van der Waals surface area (Å²) >= 11 is 0. The van der Waals surface area contributed by atoms with Gasteiger partial charge in [-0.05, 0) is 25.8 Å². The summed E-state index contributed by atoms with van der Waals surface area (Å²) in [6.07, 6.45) is 0.312. The molecule has 0 bridgehead atoms. The highest BCUT2D eigenvalue weighted by Crippen LogP contribution is 2.15. The van der Waals surface area contributed by atoms with Crippen molar-refractivity contribution in [2.24, 2.45) is 0 Å². The fourth-order valence-corrected chi connectivity index (χ4v) is 3.49. The van der Waals surface area contributed by atoms with Crippen molar-refractivity contribution in [1.29, 1.82) is 0 Å². The molecule has 1 aromatic carbocycles. The van der Waals surface area contributed by atoms with Crippen molar-refractivity contribution in [2.75, 3.05) is 7.11 Å². The van der Waals surface area contributed by atoms with Gasteiger partial charge in [-0.25, -0.2) is 8.42 Å². The maximum absolute atomic E-state index is 12.2. The van der Waals surface area contributed by atoms with Crippen molar-refractivity contribution in [3.63, 3.8) is 0 Å². The third-order valence-corrected chi connectivity index (χ3v) is 4.64. The first kappa shape index (κ1) is 16.7. The molecule has 0 spiro atoms. The molecule has 0 radical (unpaired) electrons. The van der Waals surface area contributed by atoms with Crippen LogP contribution in [0.25, 0.3) is 0 Å². The molecule has 0 fully saturated rings. The fraction of sp³-hybridized carbons (Fsp3) is 0.500. The van der Waals surface area contributed by atoms with E-state index in [0.717, 1.165) is 5.56 Å². The third kappa shape index (κ3) is 4.31. The van der Waals surface area contributed by atoms with Gasteiger partial charge in [0.1, 0.15) is 5.54 Å². The van der Waals surface area contributed by atoms with Gasteiger partial charge in [0.05, 0.1) is 12.9 Å². The Hall–Kier alpha value is -1.40. The maximum atomic E-state index is 12.2. The van der Waals surface area contributed by atoms with E-state index in [4.69, 9.17) is 0 Å². The minimum Gasteiger partial charge on any atom is -0.468 e. The second-order valence-corrected chi connectivity index (χ2v) is 6.75. The predicted octanol–water partition coefficient (Wildman–Crippen LogP) is 1.76. The van der Waals surface area contributed by atoms with Gasteiger partial charge in [0.15, 0.2) is 0 Å². The lowest BCUT2D eigenvalue weighted by atomic mass is 10.0. The topological polar surface area (TPSA) is 72.5 Å². The highest BCUT2D eigenvalue weighted by molar-refractivity contribution is 7.88. The Morgan fingerprint density at radius 3 is 2.55 bits per heavy atom. The molecule has 1 N–H and O–H groups in total. The van der Waals surface area contributed by atoms with Crippen molar-refractivity contribution in [3.8, 4) is 0 Å². The van der Waals surface area contributed by atoms with E-state index >= 15 is 0 Å². The van der Waals surface area contributed by atoms with Crippen LogP contribution < -0.4 is 4.72 Å². The summed E-state index contributed by atoms with van der Waals surface area (Å²) in [6, 6.07) is 7.25. The molecular weight excluding hydrogens is 278 g/mol. The number of aryl methyl sites for hydroxylation is 1. The van der Waals surface area contributed by atoms with Gasteiger partial charge in [0, 0.05) is 0 Å². The Morgan fingerprint density at radius 2 is 2.05 bits per heavy atom. The van der Waals surface area contributed by atoms with E-state index in [1.165, 1.54) is 14.0 Å².